The molecule has 0 fully saturated rings. The lowest BCUT2D eigenvalue weighted by Gasteiger charge is -2.23. The first-order valence-electron chi connectivity index (χ1n) is 10.8. The van der Waals surface area contributed by atoms with Gasteiger partial charge in [0.15, 0.2) is 0 Å². The third-order valence-corrected chi connectivity index (χ3v) is 6.73. The Morgan fingerprint density at radius 3 is 2.56 bits per heavy atom. The molecule has 2 heterocycles. The highest BCUT2D eigenvalue weighted by Gasteiger charge is 2.22. The van der Waals surface area contributed by atoms with Crippen LogP contribution in [0.3, 0.4) is 0 Å². The molecule has 2 aromatic carbocycles. The van der Waals surface area contributed by atoms with Gasteiger partial charge in [0, 0.05) is 42.0 Å². The molecule has 2 N–H and O–H groups in total. The molecule has 0 radical (unpaired) electrons. The molecular formula is C25H26FN3O4S. The lowest BCUT2D eigenvalue weighted by atomic mass is 9.94. The van der Waals surface area contributed by atoms with E-state index in [-0.39, 0.29) is 11.4 Å². The summed E-state index contributed by atoms with van der Waals surface area (Å²) in [4.78, 5) is 12.7. The van der Waals surface area contributed by atoms with Crippen LogP contribution in [0.4, 0.5) is 15.8 Å². The smallest absolute Gasteiger partial charge is 0.273 e. The van der Waals surface area contributed by atoms with Gasteiger partial charge >= 0.3 is 0 Å². The van der Waals surface area contributed by atoms with Crippen molar-refractivity contribution in [2.24, 2.45) is 7.05 Å². The monoisotopic (exact) mass is 483 g/mol. The molecule has 0 bridgehead atoms. The number of halogens is 1. The largest absolute Gasteiger partial charge is 0.456 e. The van der Waals surface area contributed by atoms with Crippen LogP contribution in [0.15, 0.2) is 53.3 Å². The van der Waals surface area contributed by atoms with E-state index >= 15 is 0 Å². The molecule has 1 aromatic heterocycles. The standard InChI is InChI=1S/C25H26FN3O4S/c1-5-34(31,32)28-18-8-9-22(33-24-15(2)11-17(26)12-16(24)3)20(13-18)21-14-29(4)25(30)23-19(21)7-6-10-27-23/h5,8-9,11-14,27-28H,1,6-7,10H2,2-4H3. The number of aromatic nitrogens is 1. The fraction of sp³-hybridized carbons (Fsp3) is 0.240. The number of nitrogens with zero attached hydrogens (tertiary/aromatic N) is 1. The fourth-order valence-corrected chi connectivity index (χ4v) is 4.73. The van der Waals surface area contributed by atoms with Crippen molar-refractivity contribution in [3.8, 4) is 22.6 Å². The molecule has 0 aliphatic carbocycles. The Labute approximate surface area is 198 Å². The molecule has 9 heteroatoms. The molecule has 1 aliphatic heterocycles. The third-order valence-electron chi connectivity index (χ3n) is 5.78. The van der Waals surface area contributed by atoms with Crippen molar-refractivity contribution in [3.05, 3.63) is 81.4 Å². The van der Waals surface area contributed by atoms with Crippen molar-refractivity contribution in [2.45, 2.75) is 26.7 Å². The molecule has 4 rings (SSSR count). The van der Waals surface area contributed by atoms with E-state index in [0.29, 0.717) is 52.5 Å². The van der Waals surface area contributed by atoms with Gasteiger partial charge in [-0.1, -0.05) is 6.58 Å². The van der Waals surface area contributed by atoms with Gasteiger partial charge in [-0.2, -0.15) is 0 Å². The molecule has 1 aliphatic rings. The van der Waals surface area contributed by atoms with E-state index in [0.717, 1.165) is 23.0 Å². The maximum absolute atomic E-state index is 13.8. The van der Waals surface area contributed by atoms with E-state index in [9.17, 15) is 17.6 Å². The summed E-state index contributed by atoms with van der Waals surface area (Å²) in [5.74, 6) is 0.611. The van der Waals surface area contributed by atoms with Crippen LogP contribution >= 0.6 is 0 Å². The lowest BCUT2D eigenvalue weighted by Crippen LogP contribution is -2.27. The van der Waals surface area contributed by atoms with Crippen LogP contribution < -0.4 is 20.3 Å². The normalized spacial score (nSPS) is 13.1. The number of hydrogen-bond acceptors (Lipinski definition) is 5. The number of benzene rings is 2. The highest BCUT2D eigenvalue weighted by atomic mass is 32.2. The van der Waals surface area contributed by atoms with Gasteiger partial charge in [-0.3, -0.25) is 9.52 Å². The van der Waals surface area contributed by atoms with E-state index in [1.807, 2.05) is 0 Å². The van der Waals surface area contributed by atoms with E-state index in [2.05, 4.69) is 16.6 Å². The molecule has 3 aromatic rings. The summed E-state index contributed by atoms with van der Waals surface area (Å²) < 4.78 is 48.3. The summed E-state index contributed by atoms with van der Waals surface area (Å²) in [6, 6.07) is 7.70. The fourth-order valence-electron chi connectivity index (χ4n) is 4.19. The van der Waals surface area contributed by atoms with Crippen LogP contribution in [0.1, 0.15) is 23.1 Å². The third kappa shape index (κ3) is 4.56. The maximum Gasteiger partial charge on any atom is 0.273 e. The molecule has 0 unspecified atom stereocenters. The predicted octanol–water partition coefficient (Wildman–Crippen LogP) is 4.84. The van der Waals surface area contributed by atoms with Crippen molar-refractivity contribution in [3.63, 3.8) is 0 Å². The highest BCUT2D eigenvalue weighted by molar-refractivity contribution is 7.95. The van der Waals surface area contributed by atoms with Gasteiger partial charge in [0.1, 0.15) is 23.0 Å². The van der Waals surface area contributed by atoms with Crippen molar-refractivity contribution < 1.29 is 17.5 Å². The molecule has 0 spiro atoms. The summed E-state index contributed by atoms with van der Waals surface area (Å²) in [5, 5.41) is 4.03. The zero-order valence-electron chi connectivity index (χ0n) is 19.2. The molecule has 0 saturated carbocycles. The first-order chi connectivity index (χ1) is 16.1. The van der Waals surface area contributed by atoms with Gasteiger partial charge in [0.2, 0.25) is 0 Å². The molecule has 7 nitrogen and oxygen atoms in total. The minimum atomic E-state index is -3.73. The Bertz CT molecular complexity index is 1440. The Morgan fingerprint density at radius 2 is 1.88 bits per heavy atom. The number of nitrogens with one attached hydrogen (secondary N) is 2. The van der Waals surface area contributed by atoms with Gasteiger partial charge in [0.25, 0.3) is 15.6 Å². The average molecular weight is 484 g/mol. The van der Waals surface area contributed by atoms with Crippen LogP contribution in [-0.2, 0) is 23.5 Å². The van der Waals surface area contributed by atoms with E-state index < -0.39 is 10.0 Å². The maximum atomic E-state index is 13.8. The number of fused-ring (bicyclic) bond motifs is 1. The van der Waals surface area contributed by atoms with Crippen molar-refractivity contribution >= 4 is 21.4 Å². The van der Waals surface area contributed by atoms with E-state index in [4.69, 9.17) is 4.74 Å². The zero-order chi connectivity index (χ0) is 24.6. The summed E-state index contributed by atoms with van der Waals surface area (Å²) in [7, 11) is -2.06. The Hall–Kier alpha value is -3.59. The number of hydrogen-bond donors (Lipinski definition) is 2. The molecule has 0 atom stereocenters. The number of aryl methyl sites for hydroxylation is 3. The Kier molecular flexibility index (Phi) is 6.22. The van der Waals surface area contributed by atoms with Crippen LogP contribution in [-0.4, -0.2) is 19.5 Å². The topological polar surface area (TPSA) is 89.4 Å². The SMILES string of the molecule is C=CS(=O)(=O)Nc1ccc(Oc2c(C)cc(F)cc2C)c(-c2cn(C)c(=O)c3c2CCCN3)c1. The minimum absolute atomic E-state index is 0.130. The van der Waals surface area contributed by atoms with Crippen molar-refractivity contribution in [2.75, 3.05) is 16.6 Å². The molecular weight excluding hydrogens is 457 g/mol. The second kappa shape index (κ2) is 8.98. The van der Waals surface area contributed by atoms with Crippen LogP contribution in [0, 0.1) is 19.7 Å². The minimum Gasteiger partial charge on any atom is -0.456 e. The second-order valence-electron chi connectivity index (χ2n) is 8.34. The average Bonchev–Trinajstić information content (AvgIpc) is 2.79. The molecule has 0 amide bonds. The van der Waals surface area contributed by atoms with Crippen molar-refractivity contribution in [1.29, 1.82) is 0 Å². The number of sulfonamides is 1. The lowest BCUT2D eigenvalue weighted by molar-refractivity contribution is 0.474. The number of anilines is 2. The number of pyridine rings is 1. The first kappa shape index (κ1) is 23.6. The van der Waals surface area contributed by atoms with Crippen LogP contribution in [0.5, 0.6) is 11.5 Å². The summed E-state index contributed by atoms with van der Waals surface area (Å²) in [6.07, 6.45) is 3.26. The van der Waals surface area contributed by atoms with E-state index in [1.165, 1.54) is 16.7 Å². The Balaban J connectivity index is 1.94. The summed E-state index contributed by atoms with van der Waals surface area (Å²) in [6.45, 7) is 7.55. The Morgan fingerprint density at radius 1 is 1.18 bits per heavy atom. The molecule has 178 valence electrons. The van der Waals surface area contributed by atoms with E-state index in [1.54, 1.807) is 45.3 Å². The van der Waals surface area contributed by atoms with Gasteiger partial charge in [-0.15, -0.1) is 0 Å². The molecule has 34 heavy (non-hydrogen) atoms. The number of ether oxygens (including phenoxy) is 1. The van der Waals surface area contributed by atoms with Crippen LogP contribution in [0.25, 0.3) is 11.1 Å². The predicted molar refractivity (Wildman–Crippen MR) is 133 cm³/mol. The van der Waals surface area contributed by atoms with Gasteiger partial charge in [0.05, 0.1) is 0 Å². The molecule has 0 saturated heterocycles. The van der Waals surface area contributed by atoms with Crippen LogP contribution in [0.2, 0.25) is 0 Å². The van der Waals surface area contributed by atoms with Gasteiger partial charge in [-0.05, 0) is 73.7 Å². The van der Waals surface area contributed by atoms with Gasteiger partial charge in [-0.25, -0.2) is 12.8 Å². The van der Waals surface area contributed by atoms with Crippen molar-refractivity contribution in [1.82, 2.24) is 4.57 Å². The summed E-state index contributed by atoms with van der Waals surface area (Å²) in [5.41, 5.74) is 4.17. The zero-order valence-corrected chi connectivity index (χ0v) is 20.1. The quantitative estimate of drug-likeness (QED) is 0.524. The number of rotatable bonds is 6. The second-order valence-corrected chi connectivity index (χ2v) is 9.97. The van der Waals surface area contributed by atoms with Gasteiger partial charge < -0.3 is 14.6 Å². The first-order valence-corrected chi connectivity index (χ1v) is 12.3. The highest BCUT2D eigenvalue weighted by Crippen LogP contribution is 2.41. The summed E-state index contributed by atoms with van der Waals surface area (Å²) >= 11 is 0.